The lowest BCUT2D eigenvalue weighted by Gasteiger charge is -2.38. The molecule has 18 nitrogen and oxygen atoms in total. The monoisotopic (exact) mass is 1030 g/mol. The van der Waals surface area contributed by atoms with Crippen LogP contribution >= 0.6 is 11.6 Å². The average molecular weight is 1030 g/mol. The van der Waals surface area contributed by atoms with E-state index in [2.05, 4.69) is 39.4 Å². The average Bonchev–Trinajstić information content (AvgIpc) is 3.85. The number of nitrogens with zero attached hydrogens (tertiary/aromatic N) is 5. The van der Waals surface area contributed by atoms with Crippen molar-refractivity contribution in [3.8, 4) is 17.2 Å². The largest absolute Gasteiger partial charge is 0.507 e. The number of fused-ring (bicyclic) bond motifs is 13. The van der Waals surface area contributed by atoms with E-state index >= 15 is 0 Å². The molecule has 0 radical (unpaired) electrons. The van der Waals surface area contributed by atoms with Gasteiger partial charge in [0.25, 0.3) is 11.7 Å². The quantitative estimate of drug-likeness (QED) is 0.0883. The minimum absolute atomic E-state index is 0.0510. The zero-order chi connectivity index (χ0) is 52.5. The number of ether oxygens (including phenoxy) is 3. The molecule has 2 aromatic carbocycles. The number of nitrogens with one attached hydrogen (secondary N) is 2. The molecule has 1 unspecified atom stereocenters. The molecule has 5 bridgehead atoms. The zero-order valence-corrected chi connectivity index (χ0v) is 43.4. The van der Waals surface area contributed by atoms with Gasteiger partial charge in [-0.1, -0.05) is 57.5 Å². The number of phenolic OH excluding ortho intramolecular Hbond substituents is 2. The van der Waals surface area contributed by atoms with E-state index in [1.807, 2.05) is 0 Å². The highest BCUT2D eigenvalue weighted by Crippen LogP contribution is 2.51. The Bertz CT molecular complexity index is 2870. The van der Waals surface area contributed by atoms with E-state index in [1.54, 1.807) is 69.3 Å². The Kier molecular flexibility index (Phi) is 15.9. The topological polar surface area (TPSA) is 245 Å². The molecule has 2 amide bonds. The van der Waals surface area contributed by atoms with Crippen molar-refractivity contribution in [2.24, 2.45) is 27.7 Å². The maximum absolute atomic E-state index is 14.8. The van der Waals surface area contributed by atoms with Crippen LogP contribution in [-0.2, 0) is 23.9 Å². The highest BCUT2D eigenvalue weighted by Gasteiger charge is 2.50. The number of aliphatic hydroxyl groups excluding tert-OH is 2. The van der Waals surface area contributed by atoms with E-state index in [9.17, 15) is 39.6 Å². The summed E-state index contributed by atoms with van der Waals surface area (Å²) < 4.78 is 18.3. The number of carbonyl (C=O) groups is 4. The van der Waals surface area contributed by atoms with Crippen LogP contribution in [0.15, 0.2) is 64.6 Å². The highest BCUT2D eigenvalue weighted by molar-refractivity contribution is 6.33. The van der Waals surface area contributed by atoms with Crippen molar-refractivity contribution in [1.82, 2.24) is 14.8 Å². The van der Waals surface area contributed by atoms with Gasteiger partial charge in [-0.25, -0.2) is 4.99 Å². The van der Waals surface area contributed by atoms with Crippen LogP contribution in [0.25, 0.3) is 10.8 Å². The van der Waals surface area contributed by atoms with Gasteiger partial charge in [0.1, 0.15) is 40.4 Å². The van der Waals surface area contributed by atoms with Gasteiger partial charge in [0.05, 0.1) is 45.8 Å². The Balaban J connectivity index is 1.07. The van der Waals surface area contributed by atoms with E-state index in [0.717, 1.165) is 12.2 Å². The minimum Gasteiger partial charge on any atom is -0.507 e. The van der Waals surface area contributed by atoms with Crippen molar-refractivity contribution in [1.29, 1.82) is 0 Å². The summed E-state index contributed by atoms with van der Waals surface area (Å²) in [7, 11) is 0. The molecule has 0 saturated carbocycles. The summed E-state index contributed by atoms with van der Waals surface area (Å²) in [5, 5.41) is 54.5. The number of amides is 2. The molecule has 6 atom stereocenters. The molecular formula is C54H68ClN7O11. The van der Waals surface area contributed by atoms with Crippen LogP contribution in [0.4, 0.5) is 11.4 Å². The first-order chi connectivity index (χ1) is 34.7. The molecule has 6 aliphatic heterocycles. The van der Waals surface area contributed by atoms with Gasteiger partial charge in [0, 0.05) is 106 Å². The number of phenols is 2. The summed E-state index contributed by atoms with van der Waals surface area (Å²) in [5.41, 5.74) is 0.602. The third kappa shape index (κ3) is 11.2. The molecule has 1 spiro atoms. The third-order valence-corrected chi connectivity index (χ3v) is 15.2. The maximum Gasteiger partial charge on any atom is 0.315 e. The number of rotatable bonds is 7. The fraction of sp³-hybridized carbons (Fsp3) is 0.537. The number of likely N-dealkylation sites (tertiary alicyclic amines) is 2. The van der Waals surface area contributed by atoms with Crippen molar-refractivity contribution in [2.75, 3.05) is 43.4 Å². The Hall–Kier alpha value is -6.08. The van der Waals surface area contributed by atoms with Gasteiger partial charge in [0.15, 0.2) is 5.75 Å². The van der Waals surface area contributed by atoms with Crippen molar-refractivity contribution < 1.29 is 53.8 Å². The highest BCUT2D eigenvalue weighted by atomic mass is 35.5. The second kappa shape index (κ2) is 21.8. The van der Waals surface area contributed by atoms with Gasteiger partial charge >= 0.3 is 11.8 Å². The number of aromatic nitrogens is 1. The van der Waals surface area contributed by atoms with Crippen LogP contribution in [0.1, 0.15) is 109 Å². The SMILES string of the molecule is C/C1=C/C=C/[C@H](C)[C@H](O)[C@@H](C)C(O)C[C@H](OC(=O)CC(=O)N2CCC(Nc3ccncc3Cl)CC2)CC/C=C/O[C@@]2(C)Oc3c(C)c(O)c4c(O)c(c5c(c4c3C2=O)NC2(CCN(CC(C)C)CC2)N=5)=NC1=O. The number of aliphatic hydroxyl groups is 2. The zero-order valence-electron chi connectivity index (χ0n) is 42.6. The van der Waals surface area contributed by atoms with Crippen molar-refractivity contribution in [3.63, 3.8) is 0 Å². The lowest BCUT2D eigenvalue weighted by molar-refractivity contribution is -0.155. The van der Waals surface area contributed by atoms with Crippen molar-refractivity contribution in [3.05, 3.63) is 81.5 Å². The number of halogens is 1. The fourth-order valence-electron chi connectivity index (χ4n) is 10.5. The number of hydrogen-bond donors (Lipinski definition) is 6. The lowest BCUT2D eigenvalue weighted by Crippen LogP contribution is -2.47. The molecule has 2 saturated heterocycles. The van der Waals surface area contributed by atoms with Crippen LogP contribution in [0.5, 0.6) is 17.2 Å². The van der Waals surface area contributed by atoms with E-state index in [1.165, 1.54) is 19.3 Å². The summed E-state index contributed by atoms with van der Waals surface area (Å²) in [6, 6.07) is 1.86. The van der Waals surface area contributed by atoms with Gasteiger partial charge in [-0.3, -0.25) is 29.2 Å². The van der Waals surface area contributed by atoms with Crippen molar-refractivity contribution >= 4 is 57.3 Å². The number of piperidine rings is 2. The molecule has 73 heavy (non-hydrogen) atoms. The summed E-state index contributed by atoms with van der Waals surface area (Å²) in [5.74, 6) is -6.01. The number of Topliss-reactive ketones (excluding diaryl/α,β-unsaturated/α-hetero) is 1. The van der Waals surface area contributed by atoms with Crippen LogP contribution in [0.3, 0.4) is 0 Å². The lowest BCUT2D eigenvalue weighted by atomic mass is 9.86. The number of anilines is 2. The smallest absolute Gasteiger partial charge is 0.315 e. The number of benzene rings is 2. The Morgan fingerprint density at radius 3 is 2.45 bits per heavy atom. The van der Waals surface area contributed by atoms with Gasteiger partial charge in [-0.2, -0.15) is 0 Å². The molecule has 9 rings (SSSR count). The molecule has 7 heterocycles. The van der Waals surface area contributed by atoms with E-state index in [-0.39, 0.29) is 80.9 Å². The van der Waals surface area contributed by atoms with Crippen LogP contribution in [0.2, 0.25) is 5.02 Å². The molecule has 0 aliphatic carbocycles. The first kappa shape index (κ1) is 53.2. The Morgan fingerprint density at radius 2 is 1.75 bits per heavy atom. The molecule has 392 valence electrons. The van der Waals surface area contributed by atoms with E-state index in [4.69, 9.17) is 30.8 Å². The van der Waals surface area contributed by atoms with Gasteiger partial charge in [0.2, 0.25) is 5.91 Å². The third-order valence-electron chi connectivity index (χ3n) is 14.9. The van der Waals surface area contributed by atoms with E-state index in [0.29, 0.717) is 68.5 Å². The predicted molar refractivity (Wildman–Crippen MR) is 274 cm³/mol. The normalized spacial score (nSPS) is 27.6. The van der Waals surface area contributed by atoms with Gasteiger partial charge in [-0.15, -0.1) is 0 Å². The summed E-state index contributed by atoms with van der Waals surface area (Å²) in [6.45, 7) is 15.5. The van der Waals surface area contributed by atoms with Gasteiger partial charge in [-0.05, 0) is 57.6 Å². The second-order valence-electron chi connectivity index (χ2n) is 20.9. The summed E-state index contributed by atoms with van der Waals surface area (Å²) in [4.78, 5) is 73.1. The first-order valence-electron chi connectivity index (χ1n) is 25.4. The van der Waals surface area contributed by atoms with Crippen LogP contribution in [-0.4, -0.2) is 127 Å². The first-order valence-corrected chi connectivity index (χ1v) is 25.8. The van der Waals surface area contributed by atoms with Crippen molar-refractivity contribution in [2.45, 2.75) is 136 Å². The molecule has 6 aliphatic rings. The maximum atomic E-state index is 14.8. The second-order valence-corrected chi connectivity index (χ2v) is 21.3. The molecule has 1 aromatic heterocycles. The Morgan fingerprint density at radius 1 is 1.03 bits per heavy atom. The summed E-state index contributed by atoms with van der Waals surface area (Å²) in [6.07, 6.45) is 10.1. The molecular weight excluding hydrogens is 958 g/mol. The number of ketones is 1. The molecule has 2 fully saturated rings. The van der Waals surface area contributed by atoms with Crippen LogP contribution in [0, 0.1) is 24.7 Å². The minimum atomic E-state index is -1.94. The van der Waals surface area contributed by atoms with Crippen LogP contribution < -0.4 is 26.1 Å². The van der Waals surface area contributed by atoms with E-state index < -0.39 is 71.4 Å². The number of hydrogen-bond acceptors (Lipinski definition) is 16. The number of esters is 1. The number of allylic oxidation sites excluding steroid dienone is 3. The number of carbonyl (C=O) groups excluding carboxylic acids is 4. The van der Waals surface area contributed by atoms with Gasteiger partial charge < -0.3 is 55.1 Å². The number of aromatic hydroxyl groups is 2. The molecule has 3 aromatic rings. The summed E-state index contributed by atoms with van der Waals surface area (Å²) >= 11 is 6.28. The molecule has 6 N–H and O–H groups in total. The number of pyridine rings is 1. The Labute approximate surface area is 429 Å². The standard InChI is InChI=1S/C54H68ClN7O11/c1-29(2)28-61-22-17-54(18-23-61)59-44-41-42-48(67)33(6)50-43(41)51(69)53(7,73-50)71-24-9-8-13-35(72-40(65)26-39(64)62-20-15-34(16-21-62)57-37-14-19-56-27-36(37)55)25-38(63)32(5)47(66)30(3)11-10-12-31(4)52(70)58-46(49(42)68)45(44)60-54/h9-12,14,19,24,27,29-30,32,34-35,38,47,59,63,66-68H,8,13,15-18,20-23,25-26,28H2,1-7H3,(H,56,57)/b11-10+,24-9+,31-12-,58-46?/t30-,32-,35+,38?,47-,53-/m0/s1. The predicted octanol–water partition coefficient (Wildman–Crippen LogP) is 6.15. The molecule has 19 heteroatoms. The fourth-order valence-corrected chi connectivity index (χ4v) is 10.7.